The van der Waals surface area contributed by atoms with Crippen LogP contribution in [0.4, 0.5) is 10.1 Å². The van der Waals surface area contributed by atoms with Crippen LogP contribution >= 0.6 is 34.2 Å². The zero-order chi connectivity index (χ0) is 15.2. The maximum atomic E-state index is 13.1. The Kier molecular flexibility index (Phi) is 6.30. The summed E-state index contributed by atoms with van der Waals surface area (Å²) in [7, 11) is 0. The Morgan fingerprint density at radius 3 is 2.52 bits per heavy atom. The standard InChI is InChI=1S/C17H18ClFIN/c1-2-3-4-16(12-5-8-14(19)9-6-12)21-17-10-7-13(18)11-15(17)20/h5-11,16,21H,2-4H2,1H3. The van der Waals surface area contributed by atoms with E-state index in [2.05, 4.69) is 34.8 Å². The third-order valence-corrected chi connectivity index (χ3v) is 4.51. The summed E-state index contributed by atoms with van der Waals surface area (Å²) in [4.78, 5) is 0. The van der Waals surface area contributed by atoms with Crippen LogP contribution in [-0.4, -0.2) is 0 Å². The zero-order valence-corrected chi connectivity index (χ0v) is 14.8. The van der Waals surface area contributed by atoms with Gasteiger partial charge in [-0.15, -0.1) is 0 Å². The van der Waals surface area contributed by atoms with Crippen LogP contribution < -0.4 is 5.32 Å². The highest BCUT2D eigenvalue weighted by atomic mass is 127. The van der Waals surface area contributed by atoms with E-state index in [4.69, 9.17) is 11.6 Å². The molecular weight excluding hydrogens is 400 g/mol. The Balaban J connectivity index is 2.21. The van der Waals surface area contributed by atoms with Crippen molar-refractivity contribution >= 4 is 39.9 Å². The van der Waals surface area contributed by atoms with Crippen LogP contribution in [0.15, 0.2) is 42.5 Å². The van der Waals surface area contributed by atoms with Crippen LogP contribution in [0.2, 0.25) is 5.02 Å². The summed E-state index contributed by atoms with van der Waals surface area (Å²) in [6, 6.07) is 12.7. The molecule has 0 saturated heterocycles. The second kappa shape index (κ2) is 7.99. The van der Waals surface area contributed by atoms with Crippen molar-refractivity contribution in [3.63, 3.8) is 0 Å². The van der Waals surface area contributed by atoms with E-state index in [-0.39, 0.29) is 11.9 Å². The van der Waals surface area contributed by atoms with E-state index in [1.807, 2.05) is 30.3 Å². The van der Waals surface area contributed by atoms with Crippen LogP contribution in [0, 0.1) is 9.39 Å². The fourth-order valence-corrected chi connectivity index (χ4v) is 3.25. The number of hydrogen-bond acceptors (Lipinski definition) is 1. The van der Waals surface area contributed by atoms with Gasteiger partial charge >= 0.3 is 0 Å². The molecule has 0 spiro atoms. The summed E-state index contributed by atoms with van der Waals surface area (Å²) in [6.07, 6.45) is 3.27. The lowest BCUT2D eigenvalue weighted by molar-refractivity contribution is 0.616. The molecule has 2 aromatic carbocycles. The van der Waals surface area contributed by atoms with Gasteiger partial charge in [-0.1, -0.05) is 43.5 Å². The van der Waals surface area contributed by atoms with Gasteiger partial charge in [-0.25, -0.2) is 4.39 Å². The predicted molar refractivity (Wildman–Crippen MR) is 96.5 cm³/mol. The average molecular weight is 418 g/mol. The monoisotopic (exact) mass is 417 g/mol. The third kappa shape index (κ3) is 4.85. The van der Waals surface area contributed by atoms with Crippen molar-refractivity contribution in [2.24, 2.45) is 0 Å². The molecule has 0 amide bonds. The molecule has 2 aromatic rings. The molecule has 0 fully saturated rings. The van der Waals surface area contributed by atoms with Gasteiger partial charge in [0, 0.05) is 14.3 Å². The van der Waals surface area contributed by atoms with Gasteiger partial charge in [-0.3, -0.25) is 0 Å². The fourth-order valence-electron chi connectivity index (χ4n) is 2.22. The number of halogens is 3. The van der Waals surface area contributed by atoms with E-state index in [9.17, 15) is 4.39 Å². The first-order valence-corrected chi connectivity index (χ1v) is 8.53. The summed E-state index contributed by atoms with van der Waals surface area (Å²) < 4.78 is 14.2. The van der Waals surface area contributed by atoms with E-state index >= 15 is 0 Å². The minimum absolute atomic E-state index is 0.181. The Hall–Kier alpha value is -0.810. The van der Waals surface area contributed by atoms with E-state index in [0.29, 0.717) is 0 Å². The predicted octanol–water partition coefficient (Wildman–Crippen LogP) is 6.43. The summed E-state index contributed by atoms with van der Waals surface area (Å²) in [6.45, 7) is 2.17. The summed E-state index contributed by atoms with van der Waals surface area (Å²) >= 11 is 8.27. The van der Waals surface area contributed by atoms with E-state index < -0.39 is 0 Å². The Bertz CT molecular complexity index is 586. The Labute approximate surface area is 144 Å². The fraction of sp³-hybridized carbons (Fsp3) is 0.294. The lowest BCUT2D eigenvalue weighted by Gasteiger charge is -2.21. The molecule has 0 aliphatic carbocycles. The lowest BCUT2D eigenvalue weighted by Crippen LogP contribution is -2.11. The first-order valence-electron chi connectivity index (χ1n) is 7.07. The molecule has 0 aliphatic rings. The molecular formula is C17H18ClFIN. The van der Waals surface area contributed by atoms with Crippen molar-refractivity contribution in [3.8, 4) is 0 Å². The van der Waals surface area contributed by atoms with E-state index in [1.165, 1.54) is 12.1 Å². The topological polar surface area (TPSA) is 12.0 Å². The van der Waals surface area contributed by atoms with Crippen LogP contribution in [0.25, 0.3) is 0 Å². The summed E-state index contributed by atoms with van der Waals surface area (Å²) in [5.74, 6) is -0.200. The molecule has 1 unspecified atom stereocenters. The maximum absolute atomic E-state index is 13.1. The van der Waals surface area contributed by atoms with Gasteiger partial charge in [0.05, 0.1) is 6.04 Å². The molecule has 112 valence electrons. The summed E-state index contributed by atoms with van der Waals surface area (Å²) in [5, 5.41) is 4.29. The van der Waals surface area contributed by atoms with Crippen molar-refractivity contribution in [2.75, 3.05) is 5.32 Å². The molecule has 0 aliphatic heterocycles. The number of nitrogens with one attached hydrogen (secondary N) is 1. The van der Waals surface area contributed by atoms with Gasteiger partial charge in [0.15, 0.2) is 0 Å². The molecule has 1 nitrogen and oxygen atoms in total. The number of anilines is 1. The Morgan fingerprint density at radius 2 is 1.90 bits per heavy atom. The van der Waals surface area contributed by atoms with Crippen molar-refractivity contribution in [1.82, 2.24) is 0 Å². The van der Waals surface area contributed by atoms with Gasteiger partial charge in [0.2, 0.25) is 0 Å². The Morgan fingerprint density at radius 1 is 1.19 bits per heavy atom. The van der Waals surface area contributed by atoms with Crippen molar-refractivity contribution < 1.29 is 4.39 Å². The lowest BCUT2D eigenvalue weighted by atomic mass is 10.0. The first kappa shape index (κ1) is 16.6. The highest BCUT2D eigenvalue weighted by Crippen LogP contribution is 2.29. The van der Waals surface area contributed by atoms with Crippen molar-refractivity contribution in [2.45, 2.75) is 32.2 Å². The molecule has 4 heteroatoms. The van der Waals surface area contributed by atoms with E-state index in [1.54, 1.807) is 0 Å². The molecule has 0 bridgehead atoms. The van der Waals surface area contributed by atoms with E-state index in [0.717, 1.165) is 39.1 Å². The van der Waals surface area contributed by atoms with Crippen LogP contribution in [-0.2, 0) is 0 Å². The minimum atomic E-state index is -0.200. The number of benzene rings is 2. The molecule has 0 saturated carbocycles. The van der Waals surface area contributed by atoms with Gasteiger partial charge in [0.1, 0.15) is 5.82 Å². The molecule has 1 N–H and O–H groups in total. The molecule has 21 heavy (non-hydrogen) atoms. The van der Waals surface area contributed by atoms with Crippen LogP contribution in [0.1, 0.15) is 37.8 Å². The van der Waals surface area contributed by atoms with Crippen LogP contribution in [0.5, 0.6) is 0 Å². The smallest absolute Gasteiger partial charge is 0.123 e. The maximum Gasteiger partial charge on any atom is 0.123 e. The highest BCUT2D eigenvalue weighted by Gasteiger charge is 2.12. The average Bonchev–Trinajstić information content (AvgIpc) is 2.46. The second-order valence-corrected chi connectivity index (χ2v) is 6.61. The van der Waals surface area contributed by atoms with Gasteiger partial charge in [0.25, 0.3) is 0 Å². The molecule has 1 atom stereocenters. The quantitative estimate of drug-likeness (QED) is 0.534. The van der Waals surface area contributed by atoms with Crippen molar-refractivity contribution in [3.05, 3.63) is 62.4 Å². The first-order chi connectivity index (χ1) is 10.1. The van der Waals surface area contributed by atoms with Crippen LogP contribution in [0.3, 0.4) is 0 Å². The number of rotatable bonds is 6. The highest BCUT2D eigenvalue weighted by molar-refractivity contribution is 14.1. The van der Waals surface area contributed by atoms with Gasteiger partial charge < -0.3 is 5.32 Å². The number of unbranched alkanes of at least 4 members (excludes halogenated alkanes) is 1. The van der Waals surface area contributed by atoms with Gasteiger partial charge in [-0.2, -0.15) is 0 Å². The molecule has 0 radical (unpaired) electrons. The van der Waals surface area contributed by atoms with Crippen molar-refractivity contribution in [1.29, 1.82) is 0 Å². The largest absolute Gasteiger partial charge is 0.377 e. The zero-order valence-electron chi connectivity index (χ0n) is 11.9. The number of hydrogen-bond donors (Lipinski definition) is 1. The summed E-state index contributed by atoms with van der Waals surface area (Å²) in [5.41, 5.74) is 2.17. The van der Waals surface area contributed by atoms with Gasteiger partial charge in [-0.05, 0) is 64.9 Å². The molecule has 0 heterocycles. The molecule has 0 aromatic heterocycles. The third-order valence-electron chi connectivity index (χ3n) is 3.38. The molecule has 2 rings (SSSR count). The second-order valence-electron chi connectivity index (χ2n) is 5.01. The minimum Gasteiger partial charge on any atom is -0.377 e. The SMILES string of the molecule is CCCCC(Nc1ccc(Cl)cc1I)c1ccc(F)cc1. The normalized spacial score (nSPS) is 12.2.